The van der Waals surface area contributed by atoms with E-state index in [1.807, 2.05) is 12.1 Å². The van der Waals surface area contributed by atoms with E-state index < -0.39 is 0 Å². The second kappa shape index (κ2) is 5.51. The first-order valence-electron chi connectivity index (χ1n) is 7.32. The normalized spacial score (nSPS) is 29.1. The summed E-state index contributed by atoms with van der Waals surface area (Å²) in [4.78, 5) is 2.44. The van der Waals surface area contributed by atoms with E-state index in [9.17, 15) is 0 Å². The average molecular weight is 260 g/mol. The standard InChI is InChI=1S/C16H24N2O/c1-18(10-12-5-3-4-6-16(12)19-2)11-13-9-14-7-8-15(13)17-14/h3-6,13-15,17H,7-11H2,1-2H3. The zero-order valence-electron chi connectivity index (χ0n) is 11.9. The number of rotatable bonds is 5. The summed E-state index contributed by atoms with van der Waals surface area (Å²) in [5, 5.41) is 3.72. The van der Waals surface area contributed by atoms with Gasteiger partial charge in [-0.25, -0.2) is 0 Å². The monoisotopic (exact) mass is 260 g/mol. The molecule has 2 aliphatic rings. The maximum atomic E-state index is 5.43. The molecule has 3 atom stereocenters. The van der Waals surface area contributed by atoms with Gasteiger partial charge in [0.05, 0.1) is 7.11 Å². The minimum absolute atomic E-state index is 0.769. The maximum Gasteiger partial charge on any atom is 0.123 e. The topological polar surface area (TPSA) is 24.5 Å². The van der Waals surface area contributed by atoms with Crippen LogP contribution < -0.4 is 10.1 Å². The second-order valence-electron chi connectivity index (χ2n) is 6.05. The van der Waals surface area contributed by atoms with Gasteiger partial charge in [-0.05, 0) is 38.3 Å². The van der Waals surface area contributed by atoms with Crippen molar-refractivity contribution in [3.05, 3.63) is 29.8 Å². The lowest BCUT2D eigenvalue weighted by molar-refractivity contribution is 0.240. The lowest BCUT2D eigenvalue weighted by Gasteiger charge is -2.26. The molecule has 104 valence electrons. The van der Waals surface area contributed by atoms with Crippen LogP contribution in [0.5, 0.6) is 5.75 Å². The molecule has 3 unspecified atom stereocenters. The van der Waals surface area contributed by atoms with Crippen LogP contribution in [0.2, 0.25) is 0 Å². The third-order valence-corrected chi connectivity index (χ3v) is 4.61. The third-order valence-electron chi connectivity index (χ3n) is 4.61. The minimum atomic E-state index is 0.769. The number of nitrogens with zero attached hydrogens (tertiary/aromatic N) is 1. The summed E-state index contributed by atoms with van der Waals surface area (Å²) in [5.41, 5.74) is 1.28. The number of nitrogens with one attached hydrogen (secondary N) is 1. The fourth-order valence-electron chi connectivity index (χ4n) is 3.73. The molecule has 0 aromatic heterocycles. The highest BCUT2D eigenvalue weighted by atomic mass is 16.5. The van der Waals surface area contributed by atoms with Crippen LogP contribution in [0.4, 0.5) is 0 Å². The molecule has 0 amide bonds. The van der Waals surface area contributed by atoms with Crippen LogP contribution in [-0.2, 0) is 6.54 Å². The Morgan fingerprint density at radius 1 is 1.32 bits per heavy atom. The van der Waals surface area contributed by atoms with Gasteiger partial charge in [-0.1, -0.05) is 18.2 Å². The molecule has 1 N–H and O–H groups in total. The van der Waals surface area contributed by atoms with Crippen molar-refractivity contribution >= 4 is 0 Å². The van der Waals surface area contributed by atoms with E-state index in [4.69, 9.17) is 4.74 Å². The summed E-state index contributed by atoms with van der Waals surface area (Å²) in [5.74, 6) is 1.83. The van der Waals surface area contributed by atoms with Gasteiger partial charge in [0.25, 0.3) is 0 Å². The molecule has 2 heterocycles. The summed E-state index contributed by atoms with van der Waals surface area (Å²) in [6, 6.07) is 9.89. The third kappa shape index (κ3) is 2.77. The highest BCUT2D eigenvalue weighted by Crippen LogP contribution is 2.33. The minimum Gasteiger partial charge on any atom is -0.496 e. The Morgan fingerprint density at radius 3 is 2.84 bits per heavy atom. The number of hydrogen-bond acceptors (Lipinski definition) is 3. The Balaban J connectivity index is 1.57. The zero-order valence-corrected chi connectivity index (χ0v) is 11.9. The molecule has 3 heteroatoms. The van der Waals surface area contributed by atoms with Crippen molar-refractivity contribution in [1.82, 2.24) is 10.2 Å². The van der Waals surface area contributed by atoms with Crippen LogP contribution in [0.3, 0.4) is 0 Å². The van der Waals surface area contributed by atoms with E-state index >= 15 is 0 Å². The number of para-hydroxylation sites is 1. The highest BCUT2D eigenvalue weighted by Gasteiger charge is 2.39. The van der Waals surface area contributed by atoms with Gasteiger partial charge in [0, 0.05) is 30.7 Å². The smallest absolute Gasteiger partial charge is 0.123 e. The Bertz CT molecular complexity index is 435. The number of ether oxygens (including phenoxy) is 1. The molecule has 3 rings (SSSR count). The quantitative estimate of drug-likeness (QED) is 0.879. The van der Waals surface area contributed by atoms with Gasteiger partial charge in [-0.3, -0.25) is 0 Å². The summed E-state index contributed by atoms with van der Waals surface area (Å²) in [7, 11) is 3.97. The first kappa shape index (κ1) is 12.9. The zero-order chi connectivity index (χ0) is 13.2. The van der Waals surface area contributed by atoms with E-state index in [-0.39, 0.29) is 0 Å². The molecule has 0 spiro atoms. The first-order valence-corrected chi connectivity index (χ1v) is 7.32. The average Bonchev–Trinajstić information content (AvgIpc) is 3.01. The summed E-state index contributed by atoms with van der Waals surface area (Å²) < 4.78 is 5.43. The molecule has 2 bridgehead atoms. The van der Waals surface area contributed by atoms with Gasteiger partial charge < -0.3 is 15.0 Å². The summed E-state index contributed by atoms with van der Waals surface area (Å²) in [6.07, 6.45) is 4.12. The Kier molecular flexibility index (Phi) is 3.76. The van der Waals surface area contributed by atoms with Gasteiger partial charge in [0.15, 0.2) is 0 Å². The highest BCUT2D eigenvalue weighted by molar-refractivity contribution is 5.33. The lowest BCUT2D eigenvalue weighted by atomic mass is 9.89. The van der Waals surface area contributed by atoms with Gasteiger partial charge in [0.1, 0.15) is 5.75 Å². The second-order valence-corrected chi connectivity index (χ2v) is 6.05. The van der Waals surface area contributed by atoms with Crippen LogP contribution >= 0.6 is 0 Å². The number of benzene rings is 1. The van der Waals surface area contributed by atoms with E-state index in [2.05, 4.69) is 29.4 Å². The van der Waals surface area contributed by atoms with Gasteiger partial charge >= 0.3 is 0 Å². The molecular formula is C16H24N2O. The molecule has 1 aromatic carbocycles. The van der Waals surface area contributed by atoms with E-state index in [1.165, 1.54) is 31.4 Å². The van der Waals surface area contributed by atoms with Crippen LogP contribution in [0.1, 0.15) is 24.8 Å². The van der Waals surface area contributed by atoms with Gasteiger partial charge in [-0.2, -0.15) is 0 Å². The van der Waals surface area contributed by atoms with Gasteiger partial charge in [0.2, 0.25) is 0 Å². The van der Waals surface area contributed by atoms with Crippen LogP contribution in [-0.4, -0.2) is 37.7 Å². The van der Waals surface area contributed by atoms with E-state index in [0.717, 1.165) is 30.3 Å². The number of fused-ring (bicyclic) bond motifs is 2. The molecular weight excluding hydrogens is 236 g/mol. The largest absolute Gasteiger partial charge is 0.496 e. The van der Waals surface area contributed by atoms with Crippen LogP contribution in [0.25, 0.3) is 0 Å². The van der Waals surface area contributed by atoms with Crippen LogP contribution in [0.15, 0.2) is 24.3 Å². The molecule has 19 heavy (non-hydrogen) atoms. The van der Waals surface area contributed by atoms with Crippen molar-refractivity contribution in [3.63, 3.8) is 0 Å². The molecule has 2 fully saturated rings. The van der Waals surface area contributed by atoms with Crippen molar-refractivity contribution in [2.45, 2.75) is 37.9 Å². The van der Waals surface area contributed by atoms with Crippen molar-refractivity contribution < 1.29 is 4.74 Å². The van der Waals surface area contributed by atoms with Crippen molar-refractivity contribution in [3.8, 4) is 5.75 Å². The summed E-state index contributed by atoms with van der Waals surface area (Å²) in [6.45, 7) is 2.16. The first-order chi connectivity index (χ1) is 9.26. The van der Waals surface area contributed by atoms with Crippen LogP contribution in [0, 0.1) is 5.92 Å². The molecule has 0 aliphatic carbocycles. The van der Waals surface area contributed by atoms with Crippen molar-refractivity contribution in [1.29, 1.82) is 0 Å². The predicted octanol–water partition coefficient (Wildman–Crippen LogP) is 2.27. The SMILES string of the molecule is COc1ccccc1CN(C)CC1CC2CCC1N2. The van der Waals surface area contributed by atoms with E-state index in [1.54, 1.807) is 7.11 Å². The fraction of sp³-hybridized carbons (Fsp3) is 0.625. The molecule has 0 saturated carbocycles. The molecule has 0 radical (unpaired) electrons. The molecule has 1 aromatic rings. The number of methoxy groups -OCH3 is 1. The fourth-order valence-corrected chi connectivity index (χ4v) is 3.73. The molecule has 2 aliphatic heterocycles. The Morgan fingerprint density at radius 2 is 2.16 bits per heavy atom. The van der Waals surface area contributed by atoms with Crippen molar-refractivity contribution in [2.75, 3.05) is 20.7 Å². The maximum absolute atomic E-state index is 5.43. The van der Waals surface area contributed by atoms with Crippen molar-refractivity contribution in [2.24, 2.45) is 5.92 Å². The molecule has 3 nitrogen and oxygen atoms in total. The Labute approximate surface area is 115 Å². The lowest BCUT2D eigenvalue weighted by Crippen LogP contribution is -2.32. The van der Waals surface area contributed by atoms with Gasteiger partial charge in [-0.15, -0.1) is 0 Å². The summed E-state index contributed by atoms with van der Waals surface area (Å²) >= 11 is 0. The number of hydrogen-bond donors (Lipinski definition) is 1. The predicted molar refractivity (Wildman–Crippen MR) is 77.4 cm³/mol. The Hall–Kier alpha value is -1.06. The van der Waals surface area contributed by atoms with E-state index in [0.29, 0.717) is 0 Å². The molecule has 2 saturated heterocycles.